The molecular weight excluding hydrogens is 241 g/mol. The van der Waals surface area contributed by atoms with Gasteiger partial charge in [-0.1, -0.05) is 0 Å². The monoisotopic (exact) mass is 258 g/mol. The molecule has 2 rings (SSSR count). The minimum Gasteiger partial charge on any atom is -0.377 e. The maximum atomic E-state index is 12.8. The van der Waals surface area contributed by atoms with E-state index < -0.39 is 17.3 Å². The molecule has 2 N–H and O–H groups in total. The number of halogens is 3. The molecule has 1 aliphatic carbocycles. The molecule has 0 heterocycles. The second-order valence-electron chi connectivity index (χ2n) is 5.13. The molecule has 0 spiro atoms. The van der Waals surface area contributed by atoms with Crippen LogP contribution in [0.2, 0.25) is 0 Å². The summed E-state index contributed by atoms with van der Waals surface area (Å²) in [7, 11) is 3.63. The largest absolute Gasteiger partial charge is 0.416 e. The first kappa shape index (κ1) is 13.2. The second kappa shape index (κ2) is 4.16. The van der Waals surface area contributed by atoms with Crippen LogP contribution in [0.3, 0.4) is 0 Å². The van der Waals surface area contributed by atoms with Crippen molar-refractivity contribution in [3.8, 4) is 0 Å². The lowest BCUT2D eigenvalue weighted by molar-refractivity contribution is -0.137. The number of hydrogen-bond donors (Lipinski definition) is 1. The molecule has 0 saturated heterocycles. The summed E-state index contributed by atoms with van der Waals surface area (Å²) in [5, 5.41) is 0. The van der Waals surface area contributed by atoms with Gasteiger partial charge in [0.2, 0.25) is 0 Å². The smallest absolute Gasteiger partial charge is 0.377 e. The van der Waals surface area contributed by atoms with Crippen LogP contribution in [0, 0.1) is 0 Å². The van der Waals surface area contributed by atoms with Crippen molar-refractivity contribution < 1.29 is 13.2 Å². The second-order valence-corrected chi connectivity index (χ2v) is 5.13. The molecule has 0 aromatic heterocycles. The van der Waals surface area contributed by atoms with Gasteiger partial charge in [0.05, 0.1) is 5.56 Å². The molecule has 1 aromatic carbocycles. The fraction of sp³-hybridized carbons (Fsp3) is 0.538. The van der Waals surface area contributed by atoms with Gasteiger partial charge < -0.3 is 10.6 Å². The minimum absolute atomic E-state index is 0.596. The van der Waals surface area contributed by atoms with Crippen molar-refractivity contribution in [3.63, 3.8) is 0 Å². The van der Waals surface area contributed by atoms with Crippen molar-refractivity contribution >= 4 is 5.69 Å². The topological polar surface area (TPSA) is 29.3 Å². The van der Waals surface area contributed by atoms with E-state index in [4.69, 9.17) is 5.73 Å². The van der Waals surface area contributed by atoms with Crippen LogP contribution in [0.5, 0.6) is 0 Å². The Balaban J connectivity index is 2.52. The average Bonchev–Trinajstić information content (AvgIpc) is 2.23. The van der Waals surface area contributed by atoms with Gasteiger partial charge in [-0.15, -0.1) is 0 Å². The van der Waals surface area contributed by atoms with Crippen molar-refractivity contribution in [2.24, 2.45) is 5.73 Å². The summed E-state index contributed by atoms with van der Waals surface area (Å²) in [5.41, 5.74) is 6.33. The third-order valence-corrected chi connectivity index (χ3v) is 3.59. The zero-order valence-corrected chi connectivity index (χ0v) is 10.5. The zero-order valence-electron chi connectivity index (χ0n) is 10.5. The molecule has 1 aromatic rings. The van der Waals surface area contributed by atoms with Gasteiger partial charge >= 0.3 is 6.18 Å². The third kappa shape index (κ3) is 2.19. The van der Waals surface area contributed by atoms with Crippen molar-refractivity contribution in [1.29, 1.82) is 0 Å². The van der Waals surface area contributed by atoms with Gasteiger partial charge in [0.25, 0.3) is 0 Å². The van der Waals surface area contributed by atoms with E-state index in [-0.39, 0.29) is 0 Å². The molecule has 1 aliphatic rings. The molecule has 1 fully saturated rings. The molecule has 100 valence electrons. The van der Waals surface area contributed by atoms with Gasteiger partial charge in [0.15, 0.2) is 0 Å². The molecule has 0 atom stereocenters. The molecule has 1 saturated carbocycles. The fourth-order valence-electron chi connectivity index (χ4n) is 2.33. The first-order valence-corrected chi connectivity index (χ1v) is 5.92. The summed E-state index contributed by atoms with van der Waals surface area (Å²) < 4.78 is 38.3. The molecule has 0 radical (unpaired) electrons. The van der Waals surface area contributed by atoms with Gasteiger partial charge in [-0.3, -0.25) is 0 Å². The Morgan fingerprint density at radius 1 is 1.22 bits per heavy atom. The molecule has 18 heavy (non-hydrogen) atoms. The lowest BCUT2D eigenvalue weighted by atomic mass is 9.71. The summed E-state index contributed by atoms with van der Waals surface area (Å²) in [6.45, 7) is 0. The van der Waals surface area contributed by atoms with Crippen molar-refractivity contribution in [2.45, 2.75) is 31.0 Å². The molecule has 0 amide bonds. The van der Waals surface area contributed by atoms with Crippen LogP contribution in [-0.4, -0.2) is 14.1 Å². The predicted octanol–water partition coefficient (Wildman–Crippen LogP) is 3.11. The number of nitrogens with zero attached hydrogens (tertiary/aromatic N) is 1. The van der Waals surface area contributed by atoms with Crippen LogP contribution < -0.4 is 10.6 Å². The van der Waals surface area contributed by atoms with Crippen LogP contribution in [0.4, 0.5) is 18.9 Å². The molecular formula is C13H17F3N2. The van der Waals surface area contributed by atoms with Gasteiger partial charge in [-0.05, 0) is 43.0 Å². The Hall–Kier alpha value is -1.23. The lowest BCUT2D eigenvalue weighted by Crippen LogP contribution is -2.44. The van der Waals surface area contributed by atoms with Gasteiger partial charge in [0, 0.05) is 25.3 Å². The van der Waals surface area contributed by atoms with Crippen molar-refractivity contribution in [1.82, 2.24) is 0 Å². The predicted molar refractivity (Wildman–Crippen MR) is 65.5 cm³/mol. The quantitative estimate of drug-likeness (QED) is 0.883. The van der Waals surface area contributed by atoms with E-state index in [1.54, 1.807) is 0 Å². The highest BCUT2D eigenvalue weighted by Gasteiger charge is 2.39. The Morgan fingerprint density at radius 2 is 1.83 bits per heavy atom. The van der Waals surface area contributed by atoms with E-state index in [9.17, 15) is 13.2 Å². The van der Waals surface area contributed by atoms with E-state index in [1.807, 2.05) is 19.0 Å². The molecule has 0 bridgehead atoms. The first-order chi connectivity index (χ1) is 8.24. The van der Waals surface area contributed by atoms with E-state index in [1.165, 1.54) is 12.1 Å². The van der Waals surface area contributed by atoms with Crippen LogP contribution in [0.1, 0.15) is 30.4 Å². The fourth-order valence-corrected chi connectivity index (χ4v) is 2.33. The van der Waals surface area contributed by atoms with Crippen LogP contribution in [0.15, 0.2) is 18.2 Å². The molecule has 5 heteroatoms. The van der Waals surface area contributed by atoms with E-state index in [0.717, 1.165) is 31.0 Å². The maximum Gasteiger partial charge on any atom is 0.416 e. The highest BCUT2D eigenvalue weighted by molar-refractivity contribution is 5.58. The minimum atomic E-state index is -4.32. The summed E-state index contributed by atoms with van der Waals surface area (Å²) in [6.07, 6.45) is -1.86. The maximum absolute atomic E-state index is 12.8. The average molecular weight is 258 g/mol. The summed E-state index contributed by atoms with van der Waals surface area (Å²) in [5.74, 6) is 0. The van der Waals surface area contributed by atoms with Crippen molar-refractivity contribution in [3.05, 3.63) is 29.3 Å². The Morgan fingerprint density at radius 3 is 2.22 bits per heavy atom. The number of nitrogens with two attached hydrogens (primary N) is 1. The normalized spacial score (nSPS) is 18.3. The number of rotatable bonds is 2. The summed E-state index contributed by atoms with van der Waals surface area (Å²) >= 11 is 0. The molecule has 0 unspecified atom stereocenters. The highest BCUT2D eigenvalue weighted by atomic mass is 19.4. The number of hydrogen-bond acceptors (Lipinski definition) is 2. The van der Waals surface area contributed by atoms with Gasteiger partial charge in [-0.2, -0.15) is 13.2 Å². The third-order valence-electron chi connectivity index (χ3n) is 3.59. The molecule has 0 aliphatic heterocycles. The highest BCUT2D eigenvalue weighted by Crippen LogP contribution is 2.44. The van der Waals surface area contributed by atoms with Crippen LogP contribution in [-0.2, 0) is 11.7 Å². The lowest BCUT2D eigenvalue weighted by Gasteiger charge is -2.41. The zero-order chi connectivity index (χ0) is 13.6. The van der Waals surface area contributed by atoms with E-state index in [0.29, 0.717) is 5.56 Å². The van der Waals surface area contributed by atoms with Crippen molar-refractivity contribution in [2.75, 3.05) is 19.0 Å². The molecule has 2 nitrogen and oxygen atoms in total. The van der Waals surface area contributed by atoms with Gasteiger partial charge in [-0.25, -0.2) is 0 Å². The first-order valence-electron chi connectivity index (χ1n) is 5.92. The Kier molecular flexibility index (Phi) is 3.05. The standard InChI is InChI=1S/C13H17F3N2/c1-18(2)11-5-4-9(13(14,15)16)8-10(11)12(17)6-3-7-12/h4-5,8H,3,6-7,17H2,1-2H3. The Labute approximate surface area is 105 Å². The number of benzene rings is 1. The van der Waals surface area contributed by atoms with E-state index in [2.05, 4.69) is 0 Å². The Bertz CT molecular complexity index is 448. The number of alkyl halides is 3. The van der Waals surface area contributed by atoms with Gasteiger partial charge in [0.1, 0.15) is 0 Å². The summed E-state index contributed by atoms with van der Waals surface area (Å²) in [4.78, 5) is 1.81. The number of anilines is 1. The summed E-state index contributed by atoms with van der Waals surface area (Å²) in [6, 6.07) is 3.82. The van der Waals surface area contributed by atoms with Crippen LogP contribution >= 0.6 is 0 Å². The SMILES string of the molecule is CN(C)c1ccc(C(F)(F)F)cc1C1(N)CCC1. The van der Waals surface area contributed by atoms with Crippen LogP contribution in [0.25, 0.3) is 0 Å². The van der Waals surface area contributed by atoms with E-state index >= 15 is 0 Å².